The van der Waals surface area contributed by atoms with Gasteiger partial charge in [-0.25, -0.2) is 9.97 Å². The van der Waals surface area contributed by atoms with E-state index >= 15 is 0 Å². The minimum absolute atomic E-state index is 0.0179. The van der Waals surface area contributed by atoms with Crippen molar-refractivity contribution in [2.75, 3.05) is 0 Å². The van der Waals surface area contributed by atoms with Crippen molar-refractivity contribution >= 4 is 17.1 Å². The van der Waals surface area contributed by atoms with Crippen LogP contribution in [0.1, 0.15) is 42.1 Å². The van der Waals surface area contributed by atoms with Gasteiger partial charge in [-0.2, -0.15) is 5.10 Å². The van der Waals surface area contributed by atoms with Gasteiger partial charge in [-0.15, -0.1) is 11.3 Å². The molecule has 0 fully saturated rings. The number of aromatic amines is 1. The highest BCUT2D eigenvalue weighted by molar-refractivity contribution is 7.09. The van der Waals surface area contributed by atoms with Crippen LogP contribution in [0, 0.1) is 0 Å². The lowest BCUT2D eigenvalue weighted by molar-refractivity contribution is 0.0983. The number of thiazole rings is 1. The molecular formula is C11H14N4OS. The molecule has 90 valence electrons. The van der Waals surface area contributed by atoms with Crippen LogP contribution in [0.3, 0.4) is 0 Å². The van der Waals surface area contributed by atoms with Gasteiger partial charge in [0.2, 0.25) is 5.78 Å². The molecule has 0 unspecified atom stereocenters. The summed E-state index contributed by atoms with van der Waals surface area (Å²) in [5.41, 5.74) is 1.03. The lowest BCUT2D eigenvalue weighted by atomic mass is 9.93. The molecule has 0 atom stereocenters. The predicted octanol–water partition coefficient (Wildman–Crippen LogP) is 1.98. The van der Waals surface area contributed by atoms with E-state index in [4.69, 9.17) is 0 Å². The molecule has 2 aromatic heterocycles. The maximum Gasteiger partial charge on any atom is 0.206 e. The summed E-state index contributed by atoms with van der Waals surface area (Å²) in [5, 5.41) is 9.03. The second-order valence-corrected chi connectivity index (χ2v) is 5.75. The third kappa shape index (κ3) is 2.76. The van der Waals surface area contributed by atoms with E-state index in [1.165, 1.54) is 17.7 Å². The van der Waals surface area contributed by atoms with E-state index in [2.05, 4.69) is 40.9 Å². The van der Waals surface area contributed by atoms with Crippen LogP contribution in [-0.4, -0.2) is 25.9 Å². The number of H-pyrrole nitrogens is 1. The zero-order chi connectivity index (χ0) is 12.5. The van der Waals surface area contributed by atoms with Crippen LogP contribution in [0.4, 0.5) is 0 Å². The highest BCUT2D eigenvalue weighted by Gasteiger charge is 2.19. The normalized spacial score (nSPS) is 11.7. The number of carbonyl (C=O) groups is 1. The molecule has 0 saturated heterocycles. The zero-order valence-electron chi connectivity index (χ0n) is 10.0. The largest absolute Gasteiger partial charge is 0.290 e. The molecule has 0 aromatic carbocycles. The number of carbonyl (C=O) groups excluding carboxylic acids is 1. The maximum absolute atomic E-state index is 11.8. The molecule has 1 N–H and O–H groups in total. The summed E-state index contributed by atoms with van der Waals surface area (Å²) >= 11 is 1.51. The standard InChI is InChI=1S/C11H14N4OS/c1-11(2,3)8-5-17-9(14-8)4-7(16)10-12-6-13-15-10/h5-6H,4H2,1-3H3,(H,12,13,15). The molecule has 6 heteroatoms. The third-order valence-electron chi connectivity index (χ3n) is 2.31. The van der Waals surface area contributed by atoms with Crippen LogP contribution in [0.5, 0.6) is 0 Å². The van der Waals surface area contributed by atoms with Crippen molar-refractivity contribution in [3.05, 3.63) is 28.2 Å². The Hall–Kier alpha value is -1.56. The molecular weight excluding hydrogens is 236 g/mol. The van der Waals surface area contributed by atoms with Crippen LogP contribution in [0.2, 0.25) is 0 Å². The second kappa shape index (κ2) is 4.37. The summed E-state index contributed by atoms with van der Waals surface area (Å²) < 4.78 is 0. The molecule has 0 aliphatic carbocycles. The fourth-order valence-corrected chi connectivity index (χ4v) is 2.32. The SMILES string of the molecule is CC(C)(C)c1csc(CC(=O)c2ncn[nH]2)n1. The molecule has 0 spiro atoms. The van der Waals surface area contributed by atoms with Gasteiger partial charge < -0.3 is 0 Å². The van der Waals surface area contributed by atoms with Gasteiger partial charge in [-0.1, -0.05) is 20.8 Å². The van der Waals surface area contributed by atoms with Crippen molar-refractivity contribution in [2.45, 2.75) is 32.6 Å². The maximum atomic E-state index is 11.8. The Bertz CT molecular complexity index is 510. The van der Waals surface area contributed by atoms with Crippen molar-refractivity contribution in [3.8, 4) is 0 Å². The van der Waals surface area contributed by atoms with Crippen molar-refractivity contribution < 1.29 is 4.79 Å². The van der Waals surface area contributed by atoms with Gasteiger partial charge >= 0.3 is 0 Å². The molecule has 2 heterocycles. The van der Waals surface area contributed by atoms with Crippen molar-refractivity contribution in [2.24, 2.45) is 0 Å². The molecule has 0 amide bonds. The van der Waals surface area contributed by atoms with Gasteiger partial charge in [0.05, 0.1) is 12.1 Å². The first-order chi connectivity index (χ1) is 7.97. The molecule has 5 nitrogen and oxygen atoms in total. The van der Waals surface area contributed by atoms with Crippen LogP contribution >= 0.6 is 11.3 Å². The Labute approximate surface area is 103 Å². The summed E-state index contributed by atoms with van der Waals surface area (Å²) in [4.78, 5) is 20.1. The lowest BCUT2D eigenvalue weighted by Crippen LogP contribution is -2.12. The molecule has 0 bridgehead atoms. The number of aromatic nitrogens is 4. The van der Waals surface area contributed by atoms with Gasteiger partial charge in [-0.3, -0.25) is 9.89 Å². The first kappa shape index (κ1) is 11.9. The fourth-order valence-electron chi connectivity index (χ4n) is 1.30. The Kier molecular flexibility index (Phi) is 3.06. The van der Waals surface area contributed by atoms with Gasteiger partial charge in [0.25, 0.3) is 0 Å². The second-order valence-electron chi connectivity index (χ2n) is 4.81. The molecule has 17 heavy (non-hydrogen) atoms. The average Bonchev–Trinajstić information content (AvgIpc) is 2.85. The van der Waals surface area contributed by atoms with Gasteiger partial charge in [0.15, 0.2) is 5.82 Å². The van der Waals surface area contributed by atoms with E-state index < -0.39 is 0 Å². The Morgan fingerprint density at radius 2 is 2.24 bits per heavy atom. The highest BCUT2D eigenvalue weighted by Crippen LogP contribution is 2.24. The zero-order valence-corrected chi connectivity index (χ0v) is 10.8. The van der Waals surface area contributed by atoms with Gasteiger partial charge in [-0.05, 0) is 0 Å². The van der Waals surface area contributed by atoms with Gasteiger partial charge in [0.1, 0.15) is 11.3 Å². The number of hydrogen-bond acceptors (Lipinski definition) is 5. The minimum atomic E-state index is -0.0858. The Balaban J connectivity index is 2.10. The van der Waals surface area contributed by atoms with Crippen LogP contribution in [-0.2, 0) is 11.8 Å². The van der Waals surface area contributed by atoms with Crippen molar-refractivity contribution in [1.82, 2.24) is 20.2 Å². The third-order valence-corrected chi connectivity index (χ3v) is 3.16. The van der Waals surface area contributed by atoms with E-state index in [-0.39, 0.29) is 23.4 Å². The summed E-state index contributed by atoms with van der Waals surface area (Å²) in [6, 6.07) is 0. The summed E-state index contributed by atoms with van der Waals surface area (Å²) in [7, 11) is 0. The fraction of sp³-hybridized carbons (Fsp3) is 0.455. The molecule has 0 aliphatic rings. The number of nitrogens with zero attached hydrogens (tertiary/aromatic N) is 3. The first-order valence-corrected chi connectivity index (χ1v) is 6.18. The van der Waals surface area contributed by atoms with E-state index in [0.29, 0.717) is 0 Å². The number of rotatable bonds is 3. The molecule has 0 saturated carbocycles. The lowest BCUT2D eigenvalue weighted by Gasteiger charge is -2.14. The van der Waals surface area contributed by atoms with Crippen LogP contribution < -0.4 is 0 Å². The number of Topliss-reactive ketones (excluding diaryl/α,β-unsaturated/α-hetero) is 1. The summed E-state index contributed by atoms with van der Waals surface area (Å²) in [5.74, 6) is 0.204. The average molecular weight is 250 g/mol. The Morgan fingerprint density at radius 1 is 1.47 bits per heavy atom. The quantitative estimate of drug-likeness (QED) is 0.845. The highest BCUT2D eigenvalue weighted by atomic mass is 32.1. The van der Waals surface area contributed by atoms with Crippen LogP contribution in [0.25, 0.3) is 0 Å². The Morgan fingerprint density at radius 3 is 2.76 bits per heavy atom. The molecule has 0 aliphatic heterocycles. The van der Waals surface area contributed by atoms with E-state index in [0.717, 1.165) is 10.7 Å². The number of ketones is 1. The van der Waals surface area contributed by atoms with Gasteiger partial charge in [0, 0.05) is 10.8 Å². The molecule has 0 radical (unpaired) electrons. The number of hydrogen-bond donors (Lipinski definition) is 1. The topological polar surface area (TPSA) is 71.5 Å². The minimum Gasteiger partial charge on any atom is -0.290 e. The summed E-state index contributed by atoms with van der Waals surface area (Å²) in [6.07, 6.45) is 1.60. The van der Waals surface area contributed by atoms with E-state index in [1.54, 1.807) is 0 Å². The van der Waals surface area contributed by atoms with E-state index in [9.17, 15) is 4.79 Å². The molecule has 2 aromatic rings. The number of nitrogens with one attached hydrogen (secondary N) is 1. The van der Waals surface area contributed by atoms with Crippen molar-refractivity contribution in [1.29, 1.82) is 0 Å². The predicted molar refractivity (Wildman–Crippen MR) is 65.2 cm³/mol. The summed E-state index contributed by atoms with van der Waals surface area (Å²) in [6.45, 7) is 6.30. The van der Waals surface area contributed by atoms with Crippen molar-refractivity contribution in [3.63, 3.8) is 0 Å². The van der Waals surface area contributed by atoms with Crippen LogP contribution in [0.15, 0.2) is 11.7 Å². The first-order valence-electron chi connectivity index (χ1n) is 5.30. The monoisotopic (exact) mass is 250 g/mol. The van der Waals surface area contributed by atoms with E-state index in [1.807, 2.05) is 5.38 Å². The smallest absolute Gasteiger partial charge is 0.206 e. The molecule has 2 rings (SSSR count).